The molecule has 168 valence electrons. The van der Waals surface area contributed by atoms with Crippen LogP contribution < -0.4 is 19.1 Å². The van der Waals surface area contributed by atoms with Gasteiger partial charge in [-0.15, -0.1) is 0 Å². The Morgan fingerprint density at radius 2 is 1.84 bits per heavy atom. The zero-order valence-corrected chi connectivity index (χ0v) is 19.3. The standard InChI is InChI=1S/C23H30N2O5S/c1-16-7-5-8-20(17(16)2)25(31(4,27)28)12-6-9-23(26)24-18(3)19-10-11-21-22(15-19)30-14-13-29-21/h5,7-8,10-11,15,18H,6,9,12-14H2,1-4H3,(H,24,26)/t18-/m0/s1. The summed E-state index contributed by atoms with van der Waals surface area (Å²) in [6.07, 6.45) is 1.84. The molecule has 0 fully saturated rings. The summed E-state index contributed by atoms with van der Waals surface area (Å²) in [5, 5.41) is 2.97. The van der Waals surface area contributed by atoms with Crippen LogP contribution in [-0.2, 0) is 14.8 Å². The van der Waals surface area contributed by atoms with E-state index in [1.165, 1.54) is 10.6 Å². The summed E-state index contributed by atoms with van der Waals surface area (Å²) >= 11 is 0. The summed E-state index contributed by atoms with van der Waals surface area (Å²) in [5.41, 5.74) is 3.53. The zero-order valence-electron chi connectivity index (χ0n) is 18.5. The van der Waals surface area contributed by atoms with Gasteiger partial charge in [0.25, 0.3) is 0 Å². The highest BCUT2D eigenvalue weighted by atomic mass is 32.2. The molecule has 1 aliphatic rings. The van der Waals surface area contributed by atoms with E-state index in [2.05, 4.69) is 5.32 Å². The smallest absolute Gasteiger partial charge is 0.232 e. The number of anilines is 1. The number of nitrogens with one attached hydrogen (secondary N) is 1. The van der Waals surface area contributed by atoms with Crippen LogP contribution in [-0.4, -0.2) is 40.3 Å². The Labute approximate surface area is 184 Å². The second-order valence-electron chi connectivity index (χ2n) is 7.85. The monoisotopic (exact) mass is 446 g/mol. The predicted octanol–water partition coefficient (Wildman–Crippen LogP) is 3.50. The molecule has 1 heterocycles. The van der Waals surface area contributed by atoms with Crippen LogP contribution in [0.25, 0.3) is 0 Å². The van der Waals surface area contributed by atoms with Crippen LogP contribution in [0.4, 0.5) is 5.69 Å². The van der Waals surface area contributed by atoms with Gasteiger partial charge in [-0.05, 0) is 62.1 Å². The number of benzene rings is 2. The van der Waals surface area contributed by atoms with E-state index in [1.54, 1.807) is 6.07 Å². The van der Waals surface area contributed by atoms with E-state index in [0.29, 0.717) is 36.8 Å². The van der Waals surface area contributed by atoms with Crippen molar-refractivity contribution in [3.8, 4) is 11.5 Å². The molecule has 0 radical (unpaired) electrons. The van der Waals surface area contributed by atoms with Crippen LogP contribution in [0.3, 0.4) is 0 Å². The van der Waals surface area contributed by atoms with Crippen molar-refractivity contribution in [2.24, 2.45) is 0 Å². The highest BCUT2D eigenvalue weighted by Gasteiger charge is 2.20. The number of carbonyl (C=O) groups is 1. The van der Waals surface area contributed by atoms with Crippen molar-refractivity contribution in [2.75, 3.05) is 30.3 Å². The maximum atomic E-state index is 12.5. The van der Waals surface area contributed by atoms with Gasteiger partial charge in [0.2, 0.25) is 15.9 Å². The Hall–Kier alpha value is -2.74. The molecule has 3 rings (SSSR count). The number of fused-ring (bicyclic) bond motifs is 1. The van der Waals surface area contributed by atoms with Gasteiger partial charge in [-0.3, -0.25) is 9.10 Å². The number of aryl methyl sites for hydroxylation is 1. The fraction of sp³-hybridized carbons (Fsp3) is 0.435. The molecule has 0 spiro atoms. The quantitative estimate of drug-likeness (QED) is 0.671. The van der Waals surface area contributed by atoms with E-state index in [0.717, 1.165) is 16.7 Å². The molecule has 1 amide bonds. The average Bonchev–Trinajstić information content (AvgIpc) is 2.72. The van der Waals surface area contributed by atoms with Crippen LogP contribution >= 0.6 is 0 Å². The summed E-state index contributed by atoms with van der Waals surface area (Å²) < 4.78 is 37.2. The first kappa shape index (κ1) is 22.9. The van der Waals surface area contributed by atoms with E-state index in [-0.39, 0.29) is 24.9 Å². The fourth-order valence-electron chi connectivity index (χ4n) is 3.58. The molecule has 1 aliphatic heterocycles. The normalized spacial score (nSPS) is 14.1. The topological polar surface area (TPSA) is 84.9 Å². The molecular formula is C23H30N2O5S. The van der Waals surface area contributed by atoms with Crippen LogP contribution in [0.5, 0.6) is 11.5 Å². The van der Waals surface area contributed by atoms with Crippen LogP contribution in [0.2, 0.25) is 0 Å². The van der Waals surface area contributed by atoms with Gasteiger partial charge in [0.15, 0.2) is 11.5 Å². The van der Waals surface area contributed by atoms with Crippen LogP contribution in [0.1, 0.15) is 42.5 Å². The minimum Gasteiger partial charge on any atom is -0.486 e. The number of sulfonamides is 1. The lowest BCUT2D eigenvalue weighted by atomic mass is 10.1. The second-order valence-corrected chi connectivity index (χ2v) is 9.76. The first-order valence-electron chi connectivity index (χ1n) is 10.4. The lowest BCUT2D eigenvalue weighted by molar-refractivity contribution is -0.121. The summed E-state index contributed by atoms with van der Waals surface area (Å²) in [5.74, 6) is 1.26. The maximum absolute atomic E-state index is 12.5. The van der Waals surface area contributed by atoms with Gasteiger partial charge in [0.1, 0.15) is 13.2 Å². The van der Waals surface area contributed by atoms with Crippen molar-refractivity contribution in [2.45, 2.75) is 39.7 Å². The third-order valence-corrected chi connectivity index (χ3v) is 6.63. The largest absolute Gasteiger partial charge is 0.486 e. The highest BCUT2D eigenvalue weighted by Crippen LogP contribution is 2.32. The first-order chi connectivity index (χ1) is 14.7. The Kier molecular flexibility index (Phi) is 7.10. The van der Waals surface area contributed by atoms with E-state index >= 15 is 0 Å². The van der Waals surface area contributed by atoms with Gasteiger partial charge in [0.05, 0.1) is 18.0 Å². The molecule has 1 atom stereocenters. The van der Waals surface area contributed by atoms with Gasteiger partial charge in [-0.1, -0.05) is 18.2 Å². The minimum atomic E-state index is -3.45. The number of hydrogen-bond acceptors (Lipinski definition) is 5. The summed E-state index contributed by atoms with van der Waals surface area (Å²) in [6, 6.07) is 11.0. The fourth-order valence-corrected chi connectivity index (χ4v) is 4.60. The van der Waals surface area contributed by atoms with E-state index in [4.69, 9.17) is 9.47 Å². The number of ether oxygens (including phenoxy) is 2. The number of carbonyl (C=O) groups excluding carboxylic acids is 1. The number of amides is 1. The van der Waals surface area contributed by atoms with Crippen molar-refractivity contribution in [1.29, 1.82) is 0 Å². The van der Waals surface area contributed by atoms with Crippen molar-refractivity contribution < 1.29 is 22.7 Å². The third kappa shape index (κ3) is 5.70. The lowest BCUT2D eigenvalue weighted by Gasteiger charge is -2.25. The zero-order chi connectivity index (χ0) is 22.6. The maximum Gasteiger partial charge on any atom is 0.232 e. The first-order valence-corrected chi connectivity index (χ1v) is 12.2. The molecule has 7 nitrogen and oxygen atoms in total. The van der Waals surface area contributed by atoms with Crippen molar-refractivity contribution in [1.82, 2.24) is 5.32 Å². The van der Waals surface area contributed by atoms with Gasteiger partial charge in [-0.25, -0.2) is 8.42 Å². The van der Waals surface area contributed by atoms with Crippen molar-refractivity contribution >= 4 is 21.6 Å². The Bertz CT molecular complexity index is 1050. The second kappa shape index (κ2) is 9.60. The molecule has 2 aromatic rings. The van der Waals surface area contributed by atoms with E-state index in [1.807, 2.05) is 51.1 Å². The molecule has 0 saturated carbocycles. The number of rotatable bonds is 8. The molecule has 8 heteroatoms. The van der Waals surface area contributed by atoms with Gasteiger partial charge in [0, 0.05) is 13.0 Å². The molecule has 0 bridgehead atoms. The predicted molar refractivity (Wildman–Crippen MR) is 121 cm³/mol. The average molecular weight is 447 g/mol. The van der Waals surface area contributed by atoms with E-state index in [9.17, 15) is 13.2 Å². The van der Waals surface area contributed by atoms with Crippen molar-refractivity contribution in [3.05, 3.63) is 53.1 Å². The molecule has 0 unspecified atom stereocenters. The minimum absolute atomic E-state index is 0.128. The summed E-state index contributed by atoms with van der Waals surface area (Å²) in [7, 11) is -3.45. The van der Waals surface area contributed by atoms with Gasteiger partial charge in [-0.2, -0.15) is 0 Å². The summed E-state index contributed by atoms with van der Waals surface area (Å²) in [4.78, 5) is 12.5. The Morgan fingerprint density at radius 3 is 2.55 bits per heavy atom. The molecular weight excluding hydrogens is 416 g/mol. The van der Waals surface area contributed by atoms with Gasteiger partial charge < -0.3 is 14.8 Å². The Balaban J connectivity index is 1.58. The van der Waals surface area contributed by atoms with Crippen LogP contribution in [0.15, 0.2) is 36.4 Å². The number of nitrogens with zero attached hydrogens (tertiary/aromatic N) is 1. The molecule has 1 N–H and O–H groups in total. The van der Waals surface area contributed by atoms with E-state index < -0.39 is 10.0 Å². The van der Waals surface area contributed by atoms with Crippen LogP contribution in [0, 0.1) is 13.8 Å². The molecule has 2 aromatic carbocycles. The van der Waals surface area contributed by atoms with Crippen molar-refractivity contribution in [3.63, 3.8) is 0 Å². The third-order valence-electron chi connectivity index (χ3n) is 5.45. The molecule has 0 saturated heterocycles. The highest BCUT2D eigenvalue weighted by molar-refractivity contribution is 7.92. The summed E-state index contributed by atoms with van der Waals surface area (Å²) in [6.45, 7) is 7.05. The molecule has 31 heavy (non-hydrogen) atoms. The molecule has 0 aromatic heterocycles. The lowest BCUT2D eigenvalue weighted by Crippen LogP contribution is -2.33. The number of hydrogen-bond donors (Lipinski definition) is 1. The molecule has 0 aliphatic carbocycles. The Morgan fingerprint density at radius 1 is 1.13 bits per heavy atom. The van der Waals surface area contributed by atoms with Gasteiger partial charge >= 0.3 is 0 Å². The SMILES string of the molecule is Cc1cccc(N(CCCC(=O)N[C@@H](C)c2ccc3c(c2)OCCO3)S(C)(=O)=O)c1C.